The van der Waals surface area contributed by atoms with Crippen LogP contribution in [0.1, 0.15) is 125 Å². The van der Waals surface area contributed by atoms with Crippen LogP contribution in [-0.2, 0) is 57.5 Å². The fourth-order valence-corrected chi connectivity index (χ4v) is 12.0. The van der Waals surface area contributed by atoms with E-state index in [0.717, 1.165) is 0 Å². The fourth-order valence-electron chi connectivity index (χ4n) is 11.5. The van der Waals surface area contributed by atoms with Gasteiger partial charge in [0, 0.05) is 32.7 Å². The Balaban J connectivity index is 1.43. The van der Waals surface area contributed by atoms with Crippen molar-refractivity contribution in [2.45, 2.75) is 210 Å². The van der Waals surface area contributed by atoms with Crippen molar-refractivity contribution in [2.24, 2.45) is 34.0 Å². The molecule has 4 aliphatic rings. The number of nitrogens with one attached hydrogen (secondary N) is 7. The third-order valence-electron chi connectivity index (χ3n) is 16.3. The molecular weight excluding hydrogens is 1200 g/mol. The molecule has 11 amide bonds. The van der Waals surface area contributed by atoms with Gasteiger partial charge in [0.1, 0.15) is 72.5 Å². The number of nitrogens with zero attached hydrogens (tertiary/aromatic N) is 5. The number of aliphatic hydroxyl groups excluding tert-OH is 4. The number of carbonyl (C=O) groups excluding carboxylic acids is 11. The van der Waals surface area contributed by atoms with E-state index in [1.54, 1.807) is 20.1 Å². The van der Waals surface area contributed by atoms with Gasteiger partial charge in [0.05, 0.1) is 25.4 Å². The van der Waals surface area contributed by atoms with Crippen molar-refractivity contribution in [1.29, 1.82) is 0 Å². The molecule has 4 fully saturated rings. The maximum atomic E-state index is 14.5. The molecule has 4 rings (SSSR count). The number of hydrogen-bond donors (Lipinski definition) is 15. The molecule has 18 N–H and O–H groups in total. The third kappa shape index (κ3) is 21.3. The molecule has 0 bridgehead atoms. The molecule has 0 spiro atoms. The second-order valence-corrected chi connectivity index (χ2v) is 25.3. The Labute approximate surface area is 528 Å². The molecule has 14 atom stereocenters. The molecule has 0 aromatic rings. The Morgan fingerprint density at radius 1 is 0.511 bits per heavy atom. The van der Waals surface area contributed by atoms with Crippen molar-refractivity contribution < 1.29 is 83.1 Å². The quantitative estimate of drug-likeness (QED) is 0.0162. The first-order chi connectivity index (χ1) is 42.5. The largest absolute Gasteiger partial charge is 0.480 e. The average Bonchev–Trinajstić information content (AvgIpc) is 1.71. The van der Waals surface area contributed by atoms with Crippen molar-refractivity contribution in [3.63, 3.8) is 0 Å². The van der Waals surface area contributed by atoms with E-state index in [1.165, 1.54) is 45.2 Å². The van der Waals surface area contributed by atoms with Crippen LogP contribution in [0, 0.1) is 11.8 Å². The molecule has 0 aliphatic carbocycles. The van der Waals surface area contributed by atoms with E-state index in [4.69, 9.17) is 17.2 Å². The summed E-state index contributed by atoms with van der Waals surface area (Å²) in [5, 5.41) is 68.9. The molecule has 0 radical (unpaired) electrons. The predicted octanol–water partition coefficient (Wildman–Crippen LogP) is -5.60. The summed E-state index contributed by atoms with van der Waals surface area (Å²) in [4.78, 5) is 174. The van der Waals surface area contributed by atoms with E-state index >= 15 is 0 Å². The lowest BCUT2D eigenvalue weighted by atomic mass is 10.0. The third-order valence-corrected chi connectivity index (χ3v) is 16.9. The first kappa shape index (κ1) is 75.5. The first-order valence-corrected chi connectivity index (χ1v) is 32.3. The highest BCUT2D eigenvalue weighted by molar-refractivity contribution is 7.98. The number of likely N-dealkylation sites (tertiary alicyclic amines) is 4. The number of thioether (sulfide) groups is 1. The Kier molecular flexibility index (Phi) is 30.4. The van der Waals surface area contributed by atoms with E-state index in [2.05, 4.69) is 42.2 Å². The molecule has 4 heterocycles. The van der Waals surface area contributed by atoms with Crippen molar-refractivity contribution >= 4 is 88.7 Å². The van der Waals surface area contributed by atoms with Crippen LogP contribution >= 0.6 is 11.8 Å². The molecule has 0 unspecified atom stereocenters. The Bertz CT molecular complexity index is 2560. The summed E-state index contributed by atoms with van der Waals surface area (Å²) in [6.07, 6.45) is 1.64. The van der Waals surface area contributed by atoms with Crippen LogP contribution in [0.3, 0.4) is 0 Å². The number of rotatable bonds is 34. The van der Waals surface area contributed by atoms with Gasteiger partial charge < -0.3 is 99.6 Å². The van der Waals surface area contributed by atoms with Gasteiger partial charge in [0.25, 0.3) is 0 Å². The average molecular weight is 1300 g/mol. The van der Waals surface area contributed by atoms with Gasteiger partial charge in [-0.15, -0.1) is 0 Å². The number of carbonyl (C=O) groups is 12. The smallest absolute Gasteiger partial charge is 0.326 e. The maximum absolute atomic E-state index is 14.5. The minimum Gasteiger partial charge on any atom is -0.480 e. The number of amides is 11. The van der Waals surface area contributed by atoms with Crippen molar-refractivity contribution in [2.75, 3.05) is 57.9 Å². The van der Waals surface area contributed by atoms with Gasteiger partial charge in [-0.05, 0) is 121 Å². The summed E-state index contributed by atoms with van der Waals surface area (Å²) in [5.74, 6) is -10.1. The number of nitrogens with two attached hydrogens (primary N) is 3. The summed E-state index contributed by atoms with van der Waals surface area (Å²) in [6, 6.07) is -15.8. The SMILES string of the molecule is CSCC[C@H](NC(=O)[C@@H](NC(=O)[C@H](CO)NC(=O)[C@@H]1CCCN1C(=O)[C@@H](N)[C@@H](C)O)[C@@H](C)O)C(=O)N1CCC[C@H]1C(=O)N1CCC[C@H]1C(=O)N[C@@H](CO)C(=O)N[C@@H](CC(C)C)C(=O)N1CCC[C@H]1C(=O)N[C@@H](CC(C)C)C(=O)N[C@@H](CCCN=C(N)N)C(=O)O. The fraction of sp³-hybridized carbons (Fsp3) is 0.772. The lowest BCUT2D eigenvalue weighted by Gasteiger charge is -2.34. The topological polar surface area (TPSA) is 494 Å². The van der Waals surface area contributed by atoms with Gasteiger partial charge in [-0.3, -0.25) is 57.7 Å². The van der Waals surface area contributed by atoms with Crippen LogP contribution in [0.15, 0.2) is 4.99 Å². The normalized spacial score (nSPS) is 21.6. The van der Waals surface area contributed by atoms with Gasteiger partial charge in [-0.1, -0.05) is 27.7 Å². The second-order valence-electron chi connectivity index (χ2n) is 24.3. The molecule has 90 heavy (non-hydrogen) atoms. The summed E-state index contributed by atoms with van der Waals surface area (Å²) in [6.45, 7) is 8.39. The number of aliphatic imine (C=N–C) groups is 1. The number of guanidine groups is 1. The number of hydrogen-bond acceptors (Lipinski definition) is 19. The molecule has 4 aliphatic heterocycles. The monoisotopic (exact) mass is 1300 g/mol. The summed E-state index contributed by atoms with van der Waals surface area (Å²) < 4.78 is 0. The molecule has 0 aromatic heterocycles. The van der Waals surface area contributed by atoms with E-state index in [0.29, 0.717) is 31.4 Å². The van der Waals surface area contributed by atoms with Crippen LogP contribution < -0.4 is 54.4 Å². The minimum atomic E-state index is -1.73. The Morgan fingerprint density at radius 3 is 1.39 bits per heavy atom. The molecule has 508 valence electrons. The van der Waals surface area contributed by atoms with Crippen molar-refractivity contribution in [3.8, 4) is 0 Å². The molecule has 32 nitrogen and oxygen atoms in total. The van der Waals surface area contributed by atoms with Crippen LogP contribution in [0.5, 0.6) is 0 Å². The van der Waals surface area contributed by atoms with Crippen LogP contribution in [0.4, 0.5) is 0 Å². The van der Waals surface area contributed by atoms with Gasteiger partial charge in [0.2, 0.25) is 65.0 Å². The highest BCUT2D eigenvalue weighted by atomic mass is 32.2. The Hall–Kier alpha value is -6.94. The predicted molar refractivity (Wildman–Crippen MR) is 327 cm³/mol. The number of aliphatic carboxylic acids is 1. The van der Waals surface area contributed by atoms with Gasteiger partial charge in [0.15, 0.2) is 5.96 Å². The number of aliphatic hydroxyl groups is 4. The summed E-state index contributed by atoms with van der Waals surface area (Å²) >= 11 is 1.35. The van der Waals surface area contributed by atoms with Gasteiger partial charge >= 0.3 is 5.97 Å². The first-order valence-electron chi connectivity index (χ1n) is 30.9. The van der Waals surface area contributed by atoms with E-state index in [1.807, 2.05) is 13.8 Å². The standard InChI is InChI=1S/C57H97N15O17S/c1-29(2)25-35(45(77)63-34(56(88)89)13-8-19-61-57(59)60)64-48(80)39-14-9-20-69(39)53(85)36(26-30(3)4)65-46(78)37(27-73)66-49(81)40-15-10-21-70(40)54(86)42-17-12-23-72(42)52(84)33(18-24-90-7)62-51(83)44(32(6)76)68-47(79)38(28-74)67-50(82)41-16-11-22-71(41)55(87)43(58)31(5)75/h29-44,73-76H,8-28,58H2,1-7H3,(H,62,83)(H,63,77)(H,64,80)(H,65,78)(H,66,81)(H,67,82)(H,68,79)(H,88,89)(H4,59,60,61)/t31-,32-,33+,34+,35+,36+,37+,38+,39+,40+,41+,42+,43+,44+/m1/s1. The van der Waals surface area contributed by atoms with E-state index < -0.39 is 169 Å². The van der Waals surface area contributed by atoms with Gasteiger partial charge in [-0.25, -0.2) is 4.79 Å². The van der Waals surface area contributed by atoms with Crippen molar-refractivity contribution in [3.05, 3.63) is 0 Å². The molecule has 0 aromatic carbocycles. The summed E-state index contributed by atoms with van der Waals surface area (Å²) in [5.41, 5.74) is 16.6. The van der Waals surface area contributed by atoms with Crippen LogP contribution in [-0.4, -0.2) is 265 Å². The summed E-state index contributed by atoms with van der Waals surface area (Å²) in [7, 11) is 0. The lowest BCUT2D eigenvalue weighted by Crippen LogP contribution is -2.62. The van der Waals surface area contributed by atoms with E-state index in [-0.39, 0.29) is 108 Å². The van der Waals surface area contributed by atoms with Gasteiger partial charge in [-0.2, -0.15) is 11.8 Å². The number of carboxylic acids is 1. The minimum absolute atomic E-state index is 0.00869. The Morgan fingerprint density at radius 2 is 0.922 bits per heavy atom. The zero-order valence-corrected chi connectivity index (χ0v) is 53.4. The molecule has 33 heteroatoms. The zero-order chi connectivity index (χ0) is 67.3. The van der Waals surface area contributed by atoms with Crippen LogP contribution in [0.2, 0.25) is 0 Å². The van der Waals surface area contributed by atoms with Crippen LogP contribution in [0.25, 0.3) is 0 Å². The van der Waals surface area contributed by atoms with Crippen molar-refractivity contribution in [1.82, 2.24) is 56.8 Å². The molecule has 0 saturated carbocycles. The maximum Gasteiger partial charge on any atom is 0.326 e. The molecular formula is C57H97N15O17S. The molecule has 4 saturated heterocycles. The zero-order valence-electron chi connectivity index (χ0n) is 52.6. The van der Waals surface area contributed by atoms with E-state index in [9.17, 15) is 83.1 Å². The highest BCUT2D eigenvalue weighted by Crippen LogP contribution is 2.27. The second kappa shape index (κ2) is 36.2. The lowest BCUT2D eigenvalue weighted by molar-refractivity contribution is -0.148. The number of carboxylic acid groups (broad SMARTS) is 1. The highest BCUT2D eigenvalue weighted by Gasteiger charge is 2.46.